The Kier molecular flexibility index (Phi) is 6.39. The van der Waals surface area contributed by atoms with Crippen molar-refractivity contribution in [1.29, 1.82) is 0 Å². The maximum Gasteiger partial charge on any atom is 0.216 e. The van der Waals surface area contributed by atoms with Gasteiger partial charge in [-0.3, -0.25) is 4.79 Å². The molecule has 1 aromatic carbocycles. The zero-order valence-corrected chi connectivity index (χ0v) is 14.1. The minimum atomic E-state index is -1.16. The number of benzene rings is 1. The maximum absolute atomic E-state index is 13.8. The molecule has 4 nitrogen and oxygen atoms in total. The molecule has 2 atom stereocenters. The first-order chi connectivity index (χ1) is 10.9. The Hall–Kier alpha value is -1.17. The third-order valence-corrected chi connectivity index (χ3v) is 4.66. The van der Waals surface area contributed by atoms with Crippen molar-refractivity contribution in [2.45, 2.75) is 38.2 Å². The summed E-state index contributed by atoms with van der Waals surface area (Å²) in [5.74, 6) is -0.551. The second-order valence-electron chi connectivity index (χ2n) is 6.21. The molecule has 128 valence electrons. The maximum atomic E-state index is 13.8. The predicted molar refractivity (Wildman–Crippen MR) is 88.8 cm³/mol. The summed E-state index contributed by atoms with van der Waals surface area (Å²) < 4.78 is 13.8. The molecule has 1 aliphatic rings. The highest BCUT2D eigenvalue weighted by atomic mass is 35.5. The van der Waals surface area contributed by atoms with E-state index in [1.54, 1.807) is 6.07 Å². The van der Waals surface area contributed by atoms with E-state index in [1.807, 2.05) is 0 Å². The van der Waals surface area contributed by atoms with Crippen LogP contribution in [0.2, 0.25) is 5.02 Å². The lowest BCUT2D eigenvalue weighted by molar-refractivity contribution is -0.119. The Labute approximate surface area is 141 Å². The van der Waals surface area contributed by atoms with Crippen LogP contribution in [0.4, 0.5) is 4.39 Å². The minimum absolute atomic E-state index is 0.00792. The largest absolute Gasteiger partial charge is 0.385 e. The summed E-state index contributed by atoms with van der Waals surface area (Å²) in [6.45, 7) is 3.57. The summed E-state index contributed by atoms with van der Waals surface area (Å²) in [6, 6.07) is 4.23. The van der Waals surface area contributed by atoms with E-state index in [9.17, 15) is 14.3 Å². The number of hydrogen-bond donors (Lipinski definition) is 3. The number of piperidine rings is 1. The minimum Gasteiger partial charge on any atom is -0.385 e. The third kappa shape index (κ3) is 4.90. The summed E-state index contributed by atoms with van der Waals surface area (Å²) >= 11 is 5.97. The van der Waals surface area contributed by atoms with Crippen molar-refractivity contribution >= 4 is 17.5 Å². The number of nitrogens with one attached hydrogen (secondary N) is 2. The van der Waals surface area contributed by atoms with Gasteiger partial charge in [0.2, 0.25) is 5.91 Å². The van der Waals surface area contributed by atoms with Crippen molar-refractivity contribution in [2.75, 3.05) is 19.6 Å². The van der Waals surface area contributed by atoms with E-state index < -0.39 is 11.4 Å². The molecule has 0 aliphatic carbocycles. The predicted octanol–water partition coefficient (Wildman–Crippen LogP) is 2.58. The molecular weight excluding hydrogens is 319 g/mol. The van der Waals surface area contributed by atoms with Crippen molar-refractivity contribution in [3.8, 4) is 0 Å². The van der Waals surface area contributed by atoms with Crippen molar-refractivity contribution in [3.05, 3.63) is 34.6 Å². The first-order valence-electron chi connectivity index (χ1n) is 8.06. The fraction of sp³-hybridized carbons (Fsp3) is 0.588. The highest BCUT2D eigenvalue weighted by Crippen LogP contribution is 2.39. The number of aliphatic hydroxyl groups is 1. The van der Waals surface area contributed by atoms with Crippen LogP contribution in [0.5, 0.6) is 0 Å². The van der Waals surface area contributed by atoms with E-state index in [0.29, 0.717) is 31.5 Å². The quantitative estimate of drug-likeness (QED) is 0.696. The van der Waals surface area contributed by atoms with Gasteiger partial charge in [-0.2, -0.15) is 0 Å². The van der Waals surface area contributed by atoms with Gasteiger partial charge in [-0.05, 0) is 56.0 Å². The highest BCUT2D eigenvalue weighted by molar-refractivity contribution is 6.30. The van der Waals surface area contributed by atoms with E-state index in [2.05, 4.69) is 10.6 Å². The Morgan fingerprint density at radius 2 is 2.30 bits per heavy atom. The molecular formula is C17H24ClFN2O2. The van der Waals surface area contributed by atoms with Crippen molar-refractivity contribution < 1.29 is 14.3 Å². The van der Waals surface area contributed by atoms with Crippen LogP contribution in [-0.4, -0.2) is 30.6 Å². The fourth-order valence-electron chi connectivity index (χ4n) is 3.27. The van der Waals surface area contributed by atoms with Gasteiger partial charge in [-0.25, -0.2) is 4.39 Å². The van der Waals surface area contributed by atoms with Crippen LogP contribution in [0.15, 0.2) is 18.2 Å². The molecule has 6 heteroatoms. The van der Waals surface area contributed by atoms with Gasteiger partial charge < -0.3 is 15.7 Å². The number of hydrogen-bond acceptors (Lipinski definition) is 3. The fourth-order valence-corrected chi connectivity index (χ4v) is 3.49. The standard InChI is InChI=1S/C17H24ClFN2O2/c1-12(22)21-7-3-5-17(23,13-4-2-6-20-11-13)14-8-15(18)10-16(19)9-14/h8-10,13,20,23H,2-7,11H2,1H3,(H,21,22)/t13-,17+/m1/s1. The second-order valence-corrected chi connectivity index (χ2v) is 6.65. The lowest BCUT2D eigenvalue weighted by Crippen LogP contribution is -2.44. The molecule has 1 amide bonds. The van der Waals surface area contributed by atoms with Gasteiger partial charge >= 0.3 is 0 Å². The summed E-state index contributed by atoms with van der Waals surface area (Å²) in [6.07, 6.45) is 2.90. The molecule has 3 N–H and O–H groups in total. The van der Waals surface area contributed by atoms with Gasteiger partial charge in [0, 0.05) is 31.0 Å². The van der Waals surface area contributed by atoms with Crippen LogP contribution in [0.3, 0.4) is 0 Å². The molecule has 0 spiro atoms. The van der Waals surface area contributed by atoms with Crippen LogP contribution >= 0.6 is 11.6 Å². The van der Waals surface area contributed by atoms with E-state index in [4.69, 9.17) is 11.6 Å². The van der Waals surface area contributed by atoms with Gasteiger partial charge in [0.25, 0.3) is 0 Å². The Morgan fingerprint density at radius 1 is 1.52 bits per heavy atom. The molecule has 1 aromatic rings. The zero-order chi connectivity index (χ0) is 16.9. The van der Waals surface area contributed by atoms with Crippen molar-refractivity contribution in [3.63, 3.8) is 0 Å². The molecule has 1 fully saturated rings. The zero-order valence-electron chi connectivity index (χ0n) is 13.4. The molecule has 0 radical (unpaired) electrons. The molecule has 1 heterocycles. The van der Waals surface area contributed by atoms with Crippen molar-refractivity contribution in [2.24, 2.45) is 5.92 Å². The smallest absolute Gasteiger partial charge is 0.216 e. The molecule has 0 bridgehead atoms. The third-order valence-electron chi connectivity index (χ3n) is 4.44. The van der Waals surface area contributed by atoms with Gasteiger partial charge in [0.05, 0.1) is 5.60 Å². The first-order valence-corrected chi connectivity index (χ1v) is 8.44. The molecule has 2 rings (SSSR count). The van der Waals surface area contributed by atoms with Gasteiger partial charge in [-0.15, -0.1) is 0 Å². The molecule has 0 unspecified atom stereocenters. The SMILES string of the molecule is CC(=O)NCCC[C@@](O)(c1cc(F)cc(Cl)c1)[C@@H]1CCCNC1. The van der Waals surface area contributed by atoms with Gasteiger partial charge in [0.15, 0.2) is 0 Å². The topological polar surface area (TPSA) is 61.4 Å². The Morgan fingerprint density at radius 3 is 2.91 bits per heavy atom. The van der Waals surface area contributed by atoms with Gasteiger partial charge in [-0.1, -0.05) is 11.6 Å². The van der Waals surface area contributed by atoms with Crippen LogP contribution in [-0.2, 0) is 10.4 Å². The van der Waals surface area contributed by atoms with Crippen LogP contribution in [0.1, 0.15) is 38.2 Å². The molecule has 1 saturated heterocycles. The number of halogens is 2. The monoisotopic (exact) mass is 342 g/mol. The number of amides is 1. The molecule has 0 aromatic heterocycles. The highest BCUT2D eigenvalue weighted by Gasteiger charge is 2.39. The second kappa shape index (κ2) is 8.08. The number of carbonyl (C=O) groups is 1. The summed E-state index contributed by atoms with van der Waals surface area (Å²) in [5, 5.41) is 17.6. The summed E-state index contributed by atoms with van der Waals surface area (Å²) in [5.41, 5.74) is -0.642. The van der Waals surface area contributed by atoms with Crippen molar-refractivity contribution in [1.82, 2.24) is 10.6 Å². The van der Waals surface area contributed by atoms with Crippen LogP contribution in [0.25, 0.3) is 0 Å². The molecule has 0 saturated carbocycles. The first kappa shape index (κ1) is 18.2. The average molecular weight is 343 g/mol. The Balaban J connectivity index is 2.20. The van der Waals surface area contributed by atoms with E-state index in [1.165, 1.54) is 19.1 Å². The molecule has 1 aliphatic heterocycles. The van der Waals surface area contributed by atoms with E-state index in [0.717, 1.165) is 19.4 Å². The summed E-state index contributed by atoms with van der Waals surface area (Å²) in [4.78, 5) is 11.0. The Bertz CT molecular complexity index is 529. The van der Waals surface area contributed by atoms with Crippen LogP contribution < -0.4 is 10.6 Å². The van der Waals surface area contributed by atoms with E-state index in [-0.39, 0.29) is 16.8 Å². The van der Waals surface area contributed by atoms with Gasteiger partial charge in [0.1, 0.15) is 5.82 Å². The van der Waals surface area contributed by atoms with Crippen LogP contribution in [0, 0.1) is 11.7 Å². The average Bonchev–Trinajstić information content (AvgIpc) is 2.51. The van der Waals surface area contributed by atoms with E-state index >= 15 is 0 Å². The number of rotatable bonds is 6. The molecule has 23 heavy (non-hydrogen) atoms. The number of carbonyl (C=O) groups excluding carboxylic acids is 1. The summed E-state index contributed by atoms with van der Waals surface area (Å²) in [7, 11) is 0. The lowest BCUT2D eigenvalue weighted by atomic mass is 9.74. The normalized spacial score (nSPS) is 20.8. The lowest BCUT2D eigenvalue weighted by Gasteiger charge is -2.39.